The zero-order valence-corrected chi connectivity index (χ0v) is 16.8. The predicted octanol–water partition coefficient (Wildman–Crippen LogP) is 2.79. The lowest BCUT2D eigenvalue weighted by molar-refractivity contribution is -0.123. The highest BCUT2D eigenvalue weighted by Crippen LogP contribution is 2.19. The predicted molar refractivity (Wildman–Crippen MR) is 104 cm³/mol. The van der Waals surface area contributed by atoms with Gasteiger partial charge in [0.15, 0.2) is 21.7 Å². The highest BCUT2D eigenvalue weighted by molar-refractivity contribution is 7.90. The Morgan fingerprint density at radius 2 is 1.68 bits per heavy atom. The molecule has 0 aliphatic carbocycles. The molecule has 8 heteroatoms. The van der Waals surface area contributed by atoms with E-state index in [1.165, 1.54) is 32.0 Å². The maximum absolute atomic E-state index is 12.4. The third kappa shape index (κ3) is 5.04. The van der Waals surface area contributed by atoms with Crippen LogP contribution in [0.5, 0.6) is 0 Å². The fourth-order valence-corrected chi connectivity index (χ4v) is 3.11. The Morgan fingerprint density at radius 1 is 1.04 bits per heavy atom. The van der Waals surface area contributed by atoms with Crippen LogP contribution in [0.4, 0.5) is 5.69 Å². The summed E-state index contributed by atoms with van der Waals surface area (Å²) in [6.07, 6.45) is -0.121. The van der Waals surface area contributed by atoms with Gasteiger partial charge in [0, 0.05) is 11.8 Å². The monoisotopic (exact) mass is 403 g/mol. The molecular formula is C20H21NO6S. The Hall–Kier alpha value is -3.00. The molecule has 1 amide bonds. The van der Waals surface area contributed by atoms with E-state index in [0.717, 1.165) is 6.26 Å². The van der Waals surface area contributed by atoms with Crippen LogP contribution in [0, 0.1) is 6.92 Å². The van der Waals surface area contributed by atoms with Gasteiger partial charge in [-0.3, -0.25) is 9.59 Å². The third-order valence-corrected chi connectivity index (χ3v) is 5.18. The number of nitrogens with one attached hydrogen (secondary N) is 1. The Labute approximate surface area is 163 Å². The average molecular weight is 403 g/mol. The van der Waals surface area contributed by atoms with Crippen LogP contribution in [0.2, 0.25) is 0 Å². The van der Waals surface area contributed by atoms with Crippen LogP contribution < -0.4 is 5.32 Å². The molecule has 28 heavy (non-hydrogen) atoms. The van der Waals surface area contributed by atoms with Crippen molar-refractivity contribution in [3.63, 3.8) is 0 Å². The smallest absolute Gasteiger partial charge is 0.339 e. The summed E-state index contributed by atoms with van der Waals surface area (Å²) >= 11 is 0. The first-order valence-corrected chi connectivity index (χ1v) is 10.3. The zero-order chi connectivity index (χ0) is 21.1. The first-order chi connectivity index (χ1) is 13.0. The van der Waals surface area contributed by atoms with E-state index in [1.54, 1.807) is 31.2 Å². The standard InChI is InChI=1S/C20H21NO6S/c1-12-9-10-15(28(4,25)26)11-17(12)20(24)27-14(3)19(23)21-18-8-6-5-7-16(18)13(2)22/h5-11,14H,1-4H3,(H,21,23)/t14-/m1/s1. The van der Waals surface area contributed by atoms with Gasteiger partial charge in [-0.15, -0.1) is 0 Å². The van der Waals surface area contributed by atoms with Crippen LogP contribution in [0.15, 0.2) is 47.4 Å². The van der Waals surface area contributed by atoms with Crippen LogP contribution in [0.25, 0.3) is 0 Å². The van der Waals surface area contributed by atoms with Gasteiger partial charge in [-0.1, -0.05) is 18.2 Å². The lowest BCUT2D eigenvalue weighted by atomic mass is 10.1. The molecule has 1 atom stereocenters. The summed E-state index contributed by atoms with van der Waals surface area (Å²) in [5.41, 5.74) is 1.24. The minimum atomic E-state index is -3.49. The summed E-state index contributed by atoms with van der Waals surface area (Å²) < 4.78 is 28.6. The van der Waals surface area contributed by atoms with Crippen molar-refractivity contribution in [3.8, 4) is 0 Å². The Balaban J connectivity index is 2.17. The molecule has 0 spiro atoms. The van der Waals surface area contributed by atoms with Crippen molar-refractivity contribution in [2.75, 3.05) is 11.6 Å². The number of hydrogen-bond acceptors (Lipinski definition) is 6. The topological polar surface area (TPSA) is 107 Å². The molecule has 0 fully saturated rings. The SMILES string of the molecule is CC(=O)c1ccccc1NC(=O)[C@@H](C)OC(=O)c1cc(S(C)(=O)=O)ccc1C. The zero-order valence-electron chi connectivity index (χ0n) is 16.0. The number of carbonyl (C=O) groups is 3. The van der Waals surface area contributed by atoms with Gasteiger partial charge < -0.3 is 10.1 Å². The van der Waals surface area contributed by atoms with E-state index in [2.05, 4.69) is 5.32 Å². The van der Waals surface area contributed by atoms with E-state index in [1.807, 2.05) is 0 Å². The first-order valence-electron chi connectivity index (χ1n) is 8.43. The maximum Gasteiger partial charge on any atom is 0.339 e. The largest absolute Gasteiger partial charge is 0.449 e. The van der Waals surface area contributed by atoms with Crippen molar-refractivity contribution in [1.82, 2.24) is 0 Å². The molecule has 0 aliphatic heterocycles. The summed E-state index contributed by atoms with van der Waals surface area (Å²) in [5.74, 6) is -1.64. The number of sulfone groups is 1. The first kappa shape index (κ1) is 21.3. The molecule has 7 nitrogen and oxygen atoms in total. The van der Waals surface area contributed by atoms with Crippen molar-refractivity contribution in [3.05, 3.63) is 59.2 Å². The minimum Gasteiger partial charge on any atom is -0.449 e. The van der Waals surface area contributed by atoms with E-state index in [0.29, 0.717) is 16.8 Å². The number of Topliss-reactive ketones (excluding diaryl/α,β-unsaturated/α-hetero) is 1. The quantitative estimate of drug-likeness (QED) is 0.587. The third-order valence-electron chi connectivity index (χ3n) is 4.07. The van der Waals surface area contributed by atoms with Gasteiger partial charge in [0.2, 0.25) is 0 Å². The second-order valence-electron chi connectivity index (χ2n) is 6.39. The highest BCUT2D eigenvalue weighted by atomic mass is 32.2. The number of benzene rings is 2. The lowest BCUT2D eigenvalue weighted by Gasteiger charge is -2.16. The molecule has 0 heterocycles. The molecule has 148 valence electrons. The molecule has 0 aromatic heterocycles. The van der Waals surface area contributed by atoms with Gasteiger partial charge in [0.05, 0.1) is 16.1 Å². The van der Waals surface area contributed by atoms with Crippen LogP contribution in [0.1, 0.15) is 40.1 Å². The fourth-order valence-electron chi connectivity index (χ4n) is 2.46. The Kier molecular flexibility index (Phi) is 6.35. The number of rotatable bonds is 6. The molecule has 0 saturated carbocycles. The molecular weight excluding hydrogens is 382 g/mol. The van der Waals surface area contributed by atoms with Gasteiger partial charge in [-0.2, -0.15) is 0 Å². The number of anilines is 1. The summed E-state index contributed by atoms with van der Waals surface area (Å²) in [4.78, 5) is 36.4. The molecule has 2 aromatic carbocycles. The summed E-state index contributed by atoms with van der Waals surface area (Å²) in [7, 11) is -3.49. The Morgan fingerprint density at radius 3 is 2.29 bits per heavy atom. The fraction of sp³-hybridized carbons (Fsp3) is 0.250. The van der Waals surface area contributed by atoms with Crippen LogP contribution >= 0.6 is 0 Å². The van der Waals surface area contributed by atoms with Crippen molar-refractivity contribution in [1.29, 1.82) is 0 Å². The van der Waals surface area contributed by atoms with Gasteiger partial charge in [0.25, 0.3) is 5.91 Å². The molecule has 0 bridgehead atoms. The molecule has 0 radical (unpaired) electrons. The number of amides is 1. The Bertz CT molecular complexity index is 1040. The molecule has 1 N–H and O–H groups in total. The van der Waals surface area contributed by atoms with Crippen molar-refractivity contribution in [2.24, 2.45) is 0 Å². The molecule has 0 unspecified atom stereocenters. The van der Waals surface area contributed by atoms with E-state index in [4.69, 9.17) is 4.74 Å². The summed E-state index contributed by atoms with van der Waals surface area (Å²) in [6, 6.07) is 10.6. The van der Waals surface area contributed by atoms with Crippen molar-refractivity contribution < 1.29 is 27.5 Å². The second kappa shape index (κ2) is 8.35. The number of ketones is 1. The molecule has 2 rings (SSSR count). The van der Waals surface area contributed by atoms with Gasteiger partial charge in [-0.25, -0.2) is 13.2 Å². The number of esters is 1. The van der Waals surface area contributed by atoms with Gasteiger partial charge in [-0.05, 0) is 50.6 Å². The molecule has 0 aliphatic rings. The second-order valence-corrected chi connectivity index (χ2v) is 8.40. The number of para-hydroxylation sites is 1. The van der Waals surface area contributed by atoms with Crippen LogP contribution in [-0.4, -0.2) is 38.4 Å². The molecule has 2 aromatic rings. The van der Waals surface area contributed by atoms with Crippen molar-refractivity contribution in [2.45, 2.75) is 31.8 Å². The minimum absolute atomic E-state index is 0.0162. The summed E-state index contributed by atoms with van der Waals surface area (Å²) in [6.45, 7) is 4.40. The van der Waals surface area contributed by atoms with E-state index in [-0.39, 0.29) is 16.2 Å². The average Bonchev–Trinajstić information content (AvgIpc) is 2.61. The lowest BCUT2D eigenvalue weighted by Crippen LogP contribution is -2.30. The van der Waals surface area contributed by atoms with Gasteiger partial charge in [0.1, 0.15) is 0 Å². The number of carbonyl (C=O) groups excluding carboxylic acids is 3. The number of aryl methyl sites for hydroxylation is 1. The molecule has 0 saturated heterocycles. The van der Waals surface area contributed by atoms with E-state index >= 15 is 0 Å². The maximum atomic E-state index is 12.4. The number of ether oxygens (including phenoxy) is 1. The van der Waals surface area contributed by atoms with E-state index in [9.17, 15) is 22.8 Å². The van der Waals surface area contributed by atoms with Crippen molar-refractivity contribution >= 4 is 33.2 Å². The van der Waals surface area contributed by atoms with Crippen LogP contribution in [0.3, 0.4) is 0 Å². The van der Waals surface area contributed by atoms with Gasteiger partial charge >= 0.3 is 5.97 Å². The summed E-state index contributed by atoms with van der Waals surface area (Å²) in [5, 5.41) is 2.57. The number of hydrogen-bond donors (Lipinski definition) is 1. The highest BCUT2D eigenvalue weighted by Gasteiger charge is 2.22. The van der Waals surface area contributed by atoms with E-state index < -0.39 is 27.8 Å². The normalized spacial score (nSPS) is 12.1. The van der Waals surface area contributed by atoms with Crippen LogP contribution in [-0.2, 0) is 19.4 Å².